The third-order valence-corrected chi connectivity index (χ3v) is 9.32. The largest absolute Gasteiger partial charge is 0.400 e. The summed E-state index contributed by atoms with van der Waals surface area (Å²) in [6, 6.07) is 19.6. The molecule has 0 amide bonds. The standard InChI is InChI=1S/C19H25NO3Si/c1-16(20(21)22)15-23-24(19(2,3)4,17-11-7-5-8-12-17)18-13-9-6-10-14-18/h5-14,16H,15H2,1-4H3. The van der Waals surface area contributed by atoms with Crippen LogP contribution in [0.2, 0.25) is 5.04 Å². The topological polar surface area (TPSA) is 52.4 Å². The molecule has 2 rings (SSSR count). The van der Waals surface area contributed by atoms with Gasteiger partial charge in [-0.25, -0.2) is 0 Å². The molecule has 0 bridgehead atoms. The number of hydrogen-bond donors (Lipinski definition) is 0. The highest BCUT2D eigenvalue weighted by molar-refractivity contribution is 6.99. The summed E-state index contributed by atoms with van der Waals surface area (Å²) in [5.41, 5.74) is 0. The summed E-state index contributed by atoms with van der Waals surface area (Å²) in [7, 11) is -2.66. The van der Waals surface area contributed by atoms with E-state index in [1.165, 1.54) is 0 Å². The highest BCUT2D eigenvalue weighted by Crippen LogP contribution is 2.36. The molecule has 0 aromatic heterocycles. The molecule has 1 unspecified atom stereocenters. The number of benzene rings is 2. The van der Waals surface area contributed by atoms with E-state index in [1.807, 2.05) is 36.4 Å². The van der Waals surface area contributed by atoms with Crippen molar-refractivity contribution in [1.29, 1.82) is 0 Å². The van der Waals surface area contributed by atoms with Crippen LogP contribution in [-0.4, -0.2) is 25.9 Å². The van der Waals surface area contributed by atoms with Crippen LogP contribution in [-0.2, 0) is 4.43 Å². The molecule has 24 heavy (non-hydrogen) atoms. The van der Waals surface area contributed by atoms with Crippen molar-refractivity contribution in [3.63, 3.8) is 0 Å². The van der Waals surface area contributed by atoms with Crippen LogP contribution in [0.25, 0.3) is 0 Å². The Kier molecular flexibility index (Phi) is 5.57. The van der Waals surface area contributed by atoms with Crippen molar-refractivity contribution in [2.45, 2.75) is 38.8 Å². The molecule has 1 atom stereocenters. The van der Waals surface area contributed by atoms with Crippen molar-refractivity contribution in [3.05, 3.63) is 70.8 Å². The van der Waals surface area contributed by atoms with Gasteiger partial charge in [-0.2, -0.15) is 0 Å². The predicted molar refractivity (Wildman–Crippen MR) is 100 cm³/mol. The second-order valence-electron chi connectivity index (χ2n) is 7.11. The lowest BCUT2D eigenvalue weighted by molar-refractivity contribution is -0.520. The van der Waals surface area contributed by atoms with Gasteiger partial charge in [-0.1, -0.05) is 81.4 Å². The van der Waals surface area contributed by atoms with Gasteiger partial charge in [-0.15, -0.1) is 0 Å². The molecule has 2 aromatic rings. The van der Waals surface area contributed by atoms with Gasteiger partial charge in [0.05, 0.1) is 0 Å². The van der Waals surface area contributed by atoms with Crippen LogP contribution in [0.1, 0.15) is 27.7 Å². The second kappa shape index (κ2) is 7.28. The van der Waals surface area contributed by atoms with E-state index in [4.69, 9.17) is 4.43 Å². The third kappa shape index (κ3) is 3.57. The maximum atomic E-state index is 11.1. The summed E-state index contributed by atoms with van der Waals surface area (Å²) in [6.45, 7) is 8.19. The molecular weight excluding hydrogens is 318 g/mol. The van der Waals surface area contributed by atoms with E-state index < -0.39 is 14.4 Å². The molecule has 0 aliphatic rings. The Morgan fingerprint density at radius 3 is 1.75 bits per heavy atom. The summed E-state index contributed by atoms with van der Waals surface area (Å²) in [5, 5.41) is 13.2. The first kappa shape index (κ1) is 18.4. The number of nitro groups is 1. The summed E-state index contributed by atoms with van der Waals surface area (Å²) < 4.78 is 6.49. The highest BCUT2D eigenvalue weighted by Gasteiger charge is 2.50. The van der Waals surface area contributed by atoms with Crippen LogP contribution in [0.4, 0.5) is 0 Å². The van der Waals surface area contributed by atoms with Gasteiger partial charge in [0.15, 0.2) is 0 Å². The van der Waals surface area contributed by atoms with Crippen molar-refractivity contribution in [2.75, 3.05) is 6.61 Å². The highest BCUT2D eigenvalue weighted by atomic mass is 28.4. The fourth-order valence-corrected chi connectivity index (χ4v) is 7.71. The molecular formula is C19H25NO3Si. The zero-order valence-electron chi connectivity index (χ0n) is 14.7. The monoisotopic (exact) mass is 343 g/mol. The Hall–Kier alpha value is -1.98. The molecule has 0 aliphatic carbocycles. The van der Waals surface area contributed by atoms with E-state index in [0.717, 1.165) is 10.4 Å². The smallest absolute Gasteiger partial charge is 0.261 e. The van der Waals surface area contributed by atoms with Crippen LogP contribution in [0.3, 0.4) is 0 Å². The van der Waals surface area contributed by atoms with E-state index in [-0.39, 0.29) is 16.6 Å². The quantitative estimate of drug-likeness (QED) is 0.460. The number of nitrogens with zero attached hydrogens (tertiary/aromatic N) is 1. The lowest BCUT2D eigenvalue weighted by atomic mass is 10.2. The SMILES string of the molecule is CC(CO[Si](c1ccccc1)(c1ccccc1)C(C)(C)C)[N+](=O)[O-]. The Balaban J connectivity index is 2.59. The van der Waals surface area contributed by atoms with Gasteiger partial charge in [-0.05, 0) is 15.4 Å². The van der Waals surface area contributed by atoms with E-state index >= 15 is 0 Å². The Morgan fingerprint density at radius 1 is 1.00 bits per heavy atom. The minimum Gasteiger partial charge on any atom is -0.400 e. The second-order valence-corrected chi connectivity index (χ2v) is 11.4. The molecule has 0 heterocycles. The Labute approximate surface area is 144 Å². The van der Waals surface area contributed by atoms with E-state index in [2.05, 4.69) is 45.0 Å². The van der Waals surface area contributed by atoms with Crippen LogP contribution in [0, 0.1) is 10.1 Å². The zero-order valence-corrected chi connectivity index (χ0v) is 15.7. The number of rotatable bonds is 6. The van der Waals surface area contributed by atoms with Crippen molar-refractivity contribution in [3.8, 4) is 0 Å². The van der Waals surface area contributed by atoms with Crippen molar-refractivity contribution in [2.24, 2.45) is 0 Å². The van der Waals surface area contributed by atoms with E-state index in [9.17, 15) is 10.1 Å². The molecule has 0 radical (unpaired) electrons. The summed E-state index contributed by atoms with van der Waals surface area (Å²) in [4.78, 5) is 10.8. The van der Waals surface area contributed by atoms with Crippen molar-refractivity contribution >= 4 is 18.7 Å². The molecule has 0 aliphatic heterocycles. The summed E-state index contributed by atoms with van der Waals surface area (Å²) in [6.07, 6.45) is 0. The van der Waals surface area contributed by atoms with Gasteiger partial charge in [-0.3, -0.25) is 10.1 Å². The maximum Gasteiger partial charge on any atom is 0.261 e. The Bertz CT molecular complexity index is 629. The van der Waals surface area contributed by atoms with Crippen LogP contribution in [0.15, 0.2) is 60.7 Å². The molecule has 128 valence electrons. The molecule has 0 fully saturated rings. The normalized spacial score (nSPS) is 13.5. The molecule has 0 N–H and O–H groups in total. The van der Waals surface area contributed by atoms with Crippen molar-refractivity contribution in [1.82, 2.24) is 0 Å². The van der Waals surface area contributed by atoms with Crippen molar-refractivity contribution < 1.29 is 9.35 Å². The lowest BCUT2D eigenvalue weighted by Crippen LogP contribution is -2.67. The van der Waals surface area contributed by atoms with Crippen LogP contribution < -0.4 is 10.4 Å². The summed E-state index contributed by atoms with van der Waals surface area (Å²) in [5.74, 6) is 0. The number of hydrogen-bond acceptors (Lipinski definition) is 3. The third-order valence-electron chi connectivity index (χ3n) is 4.32. The lowest BCUT2D eigenvalue weighted by Gasteiger charge is -2.43. The molecule has 0 spiro atoms. The predicted octanol–water partition coefficient (Wildman–Crippen LogP) is 3.23. The minimum atomic E-state index is -2.66. The first-order valence-corrected chi connectivity index (χ1v) is 10.1. The molecule has 5 heteroatoms. The van der Waals surface area contributed by atoms with Gasteiger partial charge < -0.3 is 4.43 Å². The molecule has 2 aromatic carbocycles. The zero-order chi connectivity index (χ0) is 17.8. The van der Waals surface area contributed by atoms with Gasteiger partial charge in [0.1, 0.15) is 6.61 Å². The van der Waals surface area contributed by atoms with Crippen LogP contribution >= 0.6 is 0 Å². The van der Waals surface area contributed by atoms with Crippen LogP contribution in [0.5, 0.6) is 0 Å². The van der Waals surface area contributed by atoms with Gasteiger partial charge in [0, 0.05) is 11.8 Å². The first-order chi connectivity index (χ1) is 11.3. The van der Waals surface area contributed by atoms with Gasteiger partial charge in [0.25, 0.3) is 8.32 Å². The summed E-state index contributed by atoms with van der Waals surface area (Å²) >= 11 is 0. The van der Waals surface area contributed by atoms with Gasteiger partial charge in [0.2, 0.25) is 6.04 Å². The fraction of sp³-hybridized carbons (Fsp3) is 0.368. The van der Waals surface area contributed by atoms with Gasteiger partial charge >= 0.3 is 0 Å². The average molecular weight is 343 g/mol. The van der Waals surface area contributed by atoms with E-state index in [1.54, 1.807) is 6.92 Å². The molecule has 4 nitrogen and oxygen atoms in total. The van der Waals surface area contributed by atoms with E-state index in [0.29, 0.717) is 0 Å². The minimum absolute atomic E-state index is 0.111. The Morgan fingerprint density at radius 2 is 1.42 bits per heavy atom. The first-order valence-electron chi connectivity index (χ1n) is 8.17. The molecule has 0 saturated carbocycles. The maximum absolute atomic E-state index is 11.1. The fourth-order valence-electron chi connectivity index (χ4n) is 3.07. The molecule has 0 saturated heterocycles. The average Bonchev–Trinajstić information content (AvgIpc) is 2.56.